The van der Waals surface area contributed by atoms with Gasteiger partial charge < -0.3 is 15.0 Å². The van der Waals surface area contributed by atoms with E-state index in [-0.39, 0.29) is 11.8 Å². The maximum Gasteiger partial charge on any atom is 0.243 e. The van der Waals surface area contributed by atoms with Crippen LogP contribution in [0.2, 0.25) is 0 Å². The van der Waals surface area contributed by atoms with Gasteiger partial charge in [0, 0.05) is 5.56 Å². The Morgan fingerprint density at radius 1 is 1.47 bits per heavy atom. The number of methoxy groups -OCH3 is 1. The van der Waals surface area contributed by atoms with E-state index < -0.39 is 5.82 Å². The first-order valence-electron chi connectivity index (χ1n) is 6.08. The topological polar surface area (TPSA) is 74.2 Å². The normalized spacial score (nSPS) is 12.4. The van der Waals surface area contributed by atoms with Gasteiger partial charge in [0.2, 0.25) is 11.7 Å². The largest absolute Gasteiger partial charge is 0.494 e. The highest BCUT2D eigenvalue weighted by Gasteiger charge is 2.16. The number of aromatic nitrogens is 2. The van der Waals surface area contributed by atoms with Crippen LogP contribution in [0.3, 0.4) is 0 Å². The summed E-state index contributed by atoms with van der Waals surface area (Å²) in [5, 5.41) is 3.85. The minimum absolute atomic E-state index is 0.140. The van der Waals surface area contributed by atoms with Crippen molar-refractivity contribution in [2.24, 2.45) is 5.73 Å². The molecule has 102 valence electrons. The molecular formula is C13H16FN3O2. The standard InChI is InChI=1S/C13H16FN3O2/c1-3-4-10(15)13-16-12(17-19-13)8-5-6-9(14)11(7-8)18-2/h5-7,10H,3-4,15H2,1-2H3. The molecule has 1 heterocycles. The quantitative estimate of drug-likeness (QED) is 0.899. The molecule has 1 aromatic heterocycles. The lowest BCUT2D eigenvalue weighted by Gasteiger charge is -2.03. The summed E-state index contributed by atoms with van der Waals surface area (Å²) in [7, 11) is 1.40. The number of hydrogen-bond donors (Lipinski definition) is 1. The second kappa shape index (κ2) is 5.79. The lowest BCUT2D eigenvalue weighted by atomic mass is 10.2. The fourth-order valence-corrected chi connectivity index (χ4v) is 1.74. The Morgan fingerprint density at radius 2 is 2.26 bits per heavy atom. The summed E-state index contributed by atoms with van der Waals surface area (Å²) in [6.45, 7) is 2.03. The summed E-state index contributed by atoms with van der Waals surface area (Å²) in [6.07, 6.45) is 1.71. The molecule has 2 N–H and O–H groups in total. The number of nitrogens with zero attached hydrogens (tertiary/aromatic N) is 2. The molecule has 2 aromatic rings. The Morgan fingerprint density at radius 3 is 2.95 bits per heavy atom. The molecule has 0 radical (unpaired) electrons. The van der Waals surface area contributed by atoms with Crippen LogP contribution in [0.4, 0.5) is 4.39 Å². The Labute approximate surface area is 110 Å². The van der Waals surface area contributed by atoms with E-state index >= 15 is 0 Å². The van der Waals surface area contributed by atoms with Crippen molar-refractivity contribution in [1.82, 2.24) is 10.1 Å². The van der Waals surface area contributed by atoms with Crippen LogP contribution in [0.15, 0.2) is 22.7 Å². The first-order chi connectivity index (χ1) is 9.15. The van der Waals surface area contributed by atoms with Gasteiger partial charge in [0.25, 0.3) is 0 Å². The fraction of sp³-hybridized carbons (Fsp3) is 0.385. The third-order valence-corrected chi connectivity index (χ3v) is 2.77. The van der Waals surface area contributed by atoms with Gasteiger partial charge in [0.05, 0.1) is 13.2 Å². The zero-order valence-electron chi connectivity index (χ0n) is 10.9. The van der Waals surface area contributed by atoms with E-state index in [0.29, 0.717) is 17.3 Å². The maximum absolute atomic E-state index is 13.3. The van der Waals surface area contributed by atoms with E-state index in [2.05, 4.69) is 10.1 Å². The van der Waals surface area contributed by atoms with Crippen molar-refractivity contribution in [3.8, 4) is 17.1 Å². The van der Waals surface area contributed by atoms with Crippen LogP contribution in [0.25, 0.3) is 11.4 Å². The molecule has 2 rings (SSSR count). The number of rotatable bonds is 5. The van der Waals surface area contributed by atoms with Crippen molar-refractivity contribution >= 4 is 0 Å². The van der Waals surface area contributed by atoms with Crippen molar-refractivity contribution < 1.29 is 13.7 Å². The number of ether oxygens (including phenoxy) is 1. The smallest absolute Gasteiger partial charge is 0.243 e. The molecule has 5 nitrogen and oxygen atoms in total. The molecule has 0 aliphatic heterocycles. The molecule has 0 bridgehead atoms. The third kappa shape index (κ3) is 2.90. The predicted molar refractivity (Wildman–Crippen MR) is 68.1 cm³/mol. The highest BCUT2D eigenvalue weighted by Crippen LogP contribution is 2.25. The van der Waals surface area contributed by atoms with Gasteiger partial charge in [-0.05, 0) is 24.6 Å². The number of nitrogens with two attached hydrogens (primary N) is 1. The first-order valence-corrected chi connectivity index (χ1v) is 6.08. The number of halogens is 1. The molecule has 0 spiro atoms. The van der Waals surface area contributed by atoms with Crippen molar-refractivity contribution in [2.45, 2.75) is 25.8 Å². The van der Waals surface area contributed by atoms with E-state index in [1.807, 2.05) is 6.92 Å². The minimum atomic E-state index is -0.433. The molecule has 0 amide bonds. The average molecular weight is 265 g/mol. The Balaban J connectivity index is 2.27. The summed E-state index contributed by atoms with van der Waals surface area (Å²) >= 11 is 0. The number of benzene rings is 1. The Hall–Kier alpha value is -1.95. The van der Waals surface area contributed by atoms with Crippen molar-refractivity contribution in [2.75, 3.05) is 7.11 Å². The van der Waals surface area contributed by atoms with Crippen LogP contribution < -0.4 is 10.5 Å². The van der Waals surface area contributed by atoms with Crippen molar-refractivity contribution in [1.29, 1.82) is 0 Å². The monoisotopic (exact) mass is 265 g/mol. The third-order valence-electron chi connectivity index (χ3n) is 2.77. The van der Waals surface area contributed by atoms with Crippen LogP contribution in [0, 0.1) is 5.82 Å². The SMILES string of the molecule is CCCC(N)c1nc(-c2ccc(F)c(OC)c2)no1. The summed E-state index contributed by atoms with van der Waals surface area (Å²) < 4.78 is 23.3. The van der Waals surface area contributed by atoms with Crippen LogP contribution in [0.1, 0.15) is 31.7 Å². The van der Waals surface area contributed by atoms with E-state index in [1.165, 1.54) is 19.2 Å². The van der Waals surface area contributed by atoms with Gasteiger partial charge in [-0.3, -0.25) is 0 Å². The second-order valence-corrected chi connectivity index (χ2v) is 4.20. The zero-order valence-corrected chi connectivity index (χ0v) is 10.9. The van der Waals surface area contributed by atoms with E-state index in [0.717, 1.165) is 12.8 Å². The predicted octanol–water partition coefficient (Wildman–Crippen LogP) is 2.68. The minimum Gasteiger partial charge on any atom is -0.494 e. The molecule has 0 saturated heterocycles. The number of hydrogen-bond acceptors (Lipinski definition) is 5. The van der Waals surface area contributed by atoms with E-state index in [9.17, 15) is 4.39 Å². The van der Waals surface area contributed by atoms with Gasteiger partial charge in [-0.1, -0.05) is 18.5 Å². The molecule has 6 heteroatoms. The van der Waals surface area contributed by atoms with Gasteiger partial charge in [-0.15, -0.1) is 0 Å². The summed E-state index contributed by atoms with van der Waals surface area (Å²) in [4.78, 5) is 4.22. The molecule has 19 heavy (non-hydrogen) atoms. The van der Waals surface area contributed by atoms with Crippen LogP contribution in [0.5, 0.6) is 5.75 Å². The molecule has 1 aromatic carbocycles. The molecule has 0 fully saturated rings. The van der Waals surface area contributed by atoms with Gasteiger partial charge in [-0.25, -0.2) is 4.39 Å². The molecule has 1 unspecified atom stereocenters. The van der Waals surface area contributed by atoms with E-state index in [1.54, 1.807) is 6.07 Å². The molecule has 0 aliphatic carbocycles. The average Bonchev–Trinajstić information content (AvgIpc) is 2.89. The van der Waals surface area contributed by atoms with Gasteiger partial charge in [0.15, 0.2) is 11.6 Å². The van der Waals surface area contributed by atoms with Gasteiger partial charge in [-0.2, -0.15) is 4.98 Å². The van der Waals surface area contributed by atoms with Crippen molar-refractivity contribution in [3.63, 3.8) is 0 Å². The van der Waals surface area contributed by atoms with Crippen LogP contribution in [-0.2, 0) is 0 Å². The molecule has 0 aliphatic rings. The van der Waals surface area contributed by atoms with Gasteiger partial charge in [0.1, 0.15) is 0 Å². The van der Waals surface area contributed by atoms with Crippen LogP contribution in [-0.4, -0.2) is 17.3 Å². The zero-order chi connectivity index (χ0) is 13.8. The van der Waals surface area contributed by atoms with Crippen molar-refractivity contribution in [3.05, 3.63) is 29.9 Å². The lowest BCUT2D eigenvalue weighted by molar-refractivity contribution is 0.348. The highest BCUT2D eigenvalue weighted by atomic mass is 19.1. The maximum atomic E-state index is 13.3. The molecular weight excluding hydrogens is 249 g/mol. The first kappa shape index (κ1) is 13.5. The van der Waals surface area contributed by atoms with E-state index in [4.69, 9.17) is 15.0 Å². The molecule has 1 atom stereocenters. The Kier molecular flexibility index (Phi) is 4.11. The van der Waals surface area contributed by atoms with Gasteiger partial charge >= 0.3 is 0 Å². The highest BCUT2D eigenvalue weighted by molar-refractivity contribution is 5.57. The second-order valence-electron chi connectivity index (χ2n) is 4.20. The van der Waals surface area contributed by atoms with Crippen LogP contribution >= 0.6 is 0 Å². The lowest BCUT2D eigenvalue weighted by Crippen LogP contribution is -2.09. The Bertz CT molecular complexity index is 557. The summed E-state index contributed by atoms with van der Waals surface area (Å²) in [5.41, 5.74) is 6.52. The summed E-state index contributed by atoms with van der Waals surface area (Å²) in [5.74, 6) is 0.472. The fourth-order valence-electron chi connectivity index (χ4n) is 1.74. The molecule has 0 saturated carbocycles. The summed E-state index contributed by atoms with van der Waals surface area (Å²) in [6, 6.07) is 4.12.